The number of halogens is 1. The molecule has 1 unspecified atom stereocenters. The molecule has 7 heteroatoms. The molecule has 3 aromatic carbocycles. The molecule has 1 aliphatic rings. The first-order chi connectivity index (χ1) is 15.5. The van der Waals surface area contributed by atoms with Gasteiger partial charge in [-0.1, -0.05) is 36.4 Å². The Kier molecular flexibility index (Phi) is 5.64. The normalized spacial score (nSPS) is 17.5. The van der Waals surface area contributed by atoms with Crippen molar-refractivity contribution in [2.45, 2.75) is 6.04 Å². The molecule has 1 amide bonds. The van der Waals surface area contributed by atoms with Gasteiger partial charge in [0.05, 0.1) is 25.8 Å². The highest BCUT2D eigenvalue weighted by molar-refractivity contribution is 6.51. The van der Waals surface area contributed by atoms with Gasteiger partial charge >= 0.3 is 0 Å². The fraction of sp³-hybridized carbons (Fsp3) is 0.120. The summed E-state index contributed by atoms with van der Waals surface area (Å²) in [6.45, 7) is 0. The molecular weight excluding hydrogens is 413 g/mol. The van der Waals surface area contributed by atoms with E-state index in [1.54, 1.807) is 48.5 Å². The van der Waals surface area contributed by atoms with Crippen LogP contribution in [0.2, 0.25) is 0 Å². The number of rotatable bonds is 5. The number of nitrogens with zero attached hydrogens (tertiary/aromatic N) is 1. The van der Waals surface area contributed by atoms with Gasteiger partial charge in [-0.2, -0.15) is 0 Å². The first-order valence-electron chi connectivity index (χ1n) is 9.80. The van der Waals surface area contributed by atoms with E-state index >= 15 is 0 Å². The number of aliphatic hydroxyl groups is 1. The lowest BCUT2D eigenvalue weighted by Crippen LogP contribution is -2.29. The average molecular weight is 433 g/mol. The lowest BCUT2D eigenvalue weighted by molar-refractivity contribution is -0.132. The standard InChI is InChI=1S/C25H20FNO5/c1-31-19-13-8-16(14-20(19)32-2)22-21(23(28)15-6-4-3-5-7-15)24(29)25(30)27(22)18-11-9-17(26)10-12-18/h3-14,22,28H,1-2H3/b23-21-. The van der Waals surface area contributed by atoms with Gasteiger partial charge in [-0.05, 0) is 42.0 Å². The summed E-state index contributed by atoms with van der Waals surface area (Å²) in [5.74, 6) is -1.57. The summed E-state index contributed by atoms with van der Waals surface area (Å²) in [5.41, 5.74) is 1.16. The minimum atomic E-state index is -0.958. The van der Waals surface area contributed by atoms with E-state index in [-0.39, 0.29) is 11.3 Å². The van der Waals surface area contributed by atoms with Gasteiger partial charge in [0, 0.05) is 11.3 Å². The van der Waals surface area contributed by atoms with Gasteiger partial charge in [0.15, 0.2) is 11.5 Å². The van der Waals surface area contributed by atoms with Crippen LogP contribution in [0.1, 0.15) is 17.2 Å². The van der Waals surface area contributed by atoms with Crippen LogP contribution in [0.3, 0.4) is 0 Å². The van der Waals surface area contributed by atoms with Gasteiger partial charge in [0.1, 0.15) is 11.6 Å². The van der Waals surface area contributed by atoms with Crippen LogP contribution in [0.4, 0.5) is 10.1 Å². The number of aliphatic hydroxyl groups excluding tert-OH is 1. The fourth-order valence-electron chi connectivity index (χ4n) is 3.79. The molecule has 162 valence electrons. The van der Waals surface area contributed by atoms with Crippen LogP contribution in [0.25, 0.3) is 5.76 Å². The Morgan fingerprint density at radius 3 is 2.19 bits per heavy atom. The Morgan fingerprint density at radius 1 is 0.906 bits per heavy atom. The van der Waals surface area contributed by atoms with E-state index in [9.17, 15) is 19.1 Å². The quantitative estimate of drug-likeness (QED) is 0.365. The number of hydrogen-bond donors (Lipinski definition) is 1. The summed E-state index contributed by atoms with van der Waals surface area (Å²) in [7, 11) is 2.97. The van der Waals surface area contributed by atoms with Crippen molar-refractivity contribution >= 4 is 23.1 Å². The molecule has 0 saturated carbocycles. The Morgan fingerprint density at radius 2 is 1.56 bits per heavy atom. The molecule has 0 aliphatic carbocycles. The molecule has 0 spiro atoms. The maximum atomic E-state index is 13.5. The number of benzene rings is 3. The van der Waals surface area contributed by atoms with Crippen molar-refractivity contribution in [3.63, 3.8) is 0 Å². The molecule has 0 bridgehead atoms. The van der Waals surface area contributed by atoms with Crippen molar-refractivity contribution in [2.24, 2.45) is 0 Å². The van der Waals surface area contributed by atoms with E-state index in [4.69, 9.17) is 9.47 Å². The predicted octanol–water partition coefficient (Wildman–Crippen LogP) is 4.47. The summed E-state index contributed by atoms with van der Waals surface area (Å²) in [6, 6.07) is 17.8. The van der Waals surface area contributed by atoms with Crippen LogP contribution in [0, 0.1) is 5.82 Å². The first-order valence-corrected chi connectivity index (χ1v) is 9.80. The third-order valence-electron chi connectivity index (χ3n) is 5.32. The highest BCUT2D eigenvalue weighted by atomic mass is 19.1. The third kappa shape index (κ3) is 3.58. The molecule has 0 aromatic heterocycles. The molecule has 1 heterocycles. The first kappa shape index (κ1) is 21.1. The van der Waals surface area contributed by atoms with E-state index in [1.807, 2.05) is 0 Å². The minimum Gasteiger partial charge on any atom is -0.507 e. The number of anilines is 1. The zero-order valence-corrected chi connectivity index (χ0v) is 17.4. The smallest absolute Gasteiger partial charge is 0.300 e. The lowest BCUT2D eigenvalue weighted by atomic mass is 9.94. The second kappa shape index (κ2) is 8.55. The highest BCUT2D eigenvalue weighted by Crippen LogP contribution is 2.44. The molecule has 6 nitrogen and oxygen atoms in total. The number of amides is 1. The van der Waals surface area contributed by atoms with E-state index in [0.29, 0.717) is 28.3 Å². The largest absolute Gasteiger partial charge is 0.507 e. The average Bonchev–Trinajstić information content (AvgIpc) is 3.09. The number of carbonyl (C=O) groups excluding carboxylic acids is 2. The lowest BCUT2D eigenvalue weighted by Gasteiger charge is -2.26. The number of Topliss-reactive ketones (excluding diaryl/α,β-unsaturated/α-hetero) is 1. The van der Waals surface area contributed by atoms with Crippen LogP contribution in [0.15, 0.2) is 78.4 Å². The highest BCUT2D eigenvalue weighted by Gasteiger charge is 2.47. The maximum absolute atomic E-state index is 13.5. The van der Waals surface area contributed by atoms with E-state index in [1.165, 1.54) is 43.4 Å². The minimum absolute atomic E-state index is 0.0715. The Hall–Kier alpha value is -4.13. The molecule has 1 saturated heterocycles. The second-order valence-corrected chi connectivity index (χ2v) is 7.13. The molecule has 0 radical (unpaired) electrons. The van der Waals surface area contributed by atoms with Gasteiger partial charge in [-0.15, -0.1) is 0 Å². The van der Waals surface area contributed by atoms with Gasteiger partial charge in [-0.25, -0.2) is 4.39 Å². The van der Waals surface area contributed by atoms with Crippen LogP contribution < -0.4 is 14.4 Å². The van der Waals surface area contributed by atoms with Gasteiger partial charge in [0.2, 0.25) is 0 Å². The van der Waals surface area contributed by atoms with Crippen molar-refractivity contribution < 1.29 is 28.6 Å². The maximum Gasteiger partial charge on any atom is 0.300 e. The number of methoxy groups -OCH3 is 2. The molecule has 4 rings (SSSR count). The van der Waals surface area contributed by atoms with E-state index in [2.05, 4.69) is 0 Å². The Balaban J connectivity index is 1.96. The Bertz CT molecular complexity index is 1200. The summed E-state index contributed by atoms with van der Waals surface area (Å²) >= 11 is 0. The molecule has 1 atom stereocenters. The SMILES string of the molecule is COc1ccc(C2/C(=C(/O)c3ccccc3)C(=O)C(=O)N2c2ccc(F)cc2)cc1OC. The summed E-state index contributed by atoms with van der Waals surface area (Å²) < 4.78 is 24.2. The number of ketones is 1. The van der Waals surface area contributed by atoms with Crippen LogP contribution in [-0.4, -0.2) is 31.0 Å². The molecule has 1 aliphatic heterocycles. The number of hydrogen-bond acceptors (Lipinski definition) is 5. The molecular formula is C25H20FNO5. The van der Waals surface area contributed by atoms with Gasteiger partial charge in [0.25, 0.3) is 11.7 Å². The van der Waals surface area contributed by atoms with Gasteiger partial charge < -0.3 is 14.6 Å². The zero-order chi connectivity index (χ0) is 22.8. The molecule has 32 heavy (non-hydrogen) atoms. The van der Waals surface area contributed by atoms with Crippen molar-refractivity contribution in [2.75, 3.05) is 19.1 Å². The second-order valence-electron chi connectivity index (χ2n) is 7.13. The molecule has 3 aromatic rings. The molecule has 1 N–H and O–H groups in total. The van der Waals surface area contributed by atoms with Crippen LogP contribution in [0.5, 0.6) is 11.5 Å². The predicted molar refractivity (Wildman–Crippen MR) is 117 cm³/mol. The number of ether oxygens (including phenoxy) is 2. The van der Waals surface area contributed by atoms with Crippen molar-refractivity contribution in [1.29, 1.82) is 0 Å². The zero-order valence-electron chi connectivity index (χ0n) is 17.4. The van der Waals surface area contributed by atoms with Crippen molar-refractivity contribution in [1.82, 2.24) is 0 Å². The van der Waals surface area contributed by atoms with E-state index < -0.39 is 23.5 Å². The topological polar surface area (TPSA) is 76.1 Å². The Labute approximate surface area is 184 Å². The van der Waals surface area contributed by atoms with Crippen LogP contribution in [-0.2, 0) is 9.59 Å². The van der Waals surface area contributed by atoms with Crippen molar-refractivity contribution in [3.05, 3.63) is 95.3 Å². The summed E-state index contributed by atoms with van der Waals surface area (Å²) in [5, 5.41) is 11.0. The molecule has 1 fully saturated rings. The van der Waals surface area contributed by atoms with Crippen LogP contribution >= 0.6 is 0 Å². The monoisotopic (exact) mass is 433 g/mol. The third-order valence-corrected chi connectivity index (χ3v) is 5.32. The van der Waals surface area contributed by atoms with E-state index in [0.717, 1.165) is 0 Å². The number of carbonyl (C=O) groups is 2. The fourth-order valence-corrected chi connectivity index (χ4v) is 3.79. The summed E-state index contributed by atoms with van der Waals surface area (Å²) in [6.07, 6.45) is 0. The van der Waals surface area contributed by atoms with Crippen molar-refractivity contribution in [3.8, 4) is 11.5 Å². The van der Waals surface area contributed by atoms with Gasteiger partial charge in [-0.3, -0.25) is 14.5 Å². The summed E-state index contributed by atoms with van der Waals surface area (Å²) in [4.78, 5) is 27.4.